The summed E-state index contributed by atoms with van der Waals surface area (Å²) in [5.74, 6) is 1.23. The Bertz CT molecular complexity index is 357. The molecular weight excluding hydrogens is 210 g/mol. The van der Waals surface area contributed by atoms with Gasteiger partial charge in [-0.3, -0.25) is 0 Å². The van der Waals surface area contributed by atoms with Crippen LogP contribution in [0.4, 0.5) is 0 Å². The van der Waals surface area contributed by atoms with Crippen molar-refractivity contribution in [3.63, 3.8) is 0 Å². The fourth-order valence-corrected chi connectivity index (χ4v) is 1.23. The Morgan fingerprint density at radius 2 is 2.20 bits per heavy atom. The zero-order valence-electron chi connectivity index (χ0n) is 8.90. The molecule has 0 radical (unpaired) electrons. The standard InChI is InChI=1S/C12H14ClNO/c1-9(2)10-4-3-5-12(6-10)15-8-11(13)7-14/h3-6,9,11H,8H2,1-2H3. The molecule has 1 atom stereocenters. The quantitative estimate of drug-likeness (QED) is 0.734. The minimum absolute atomic E-state index is 0.222. The molecule has 1 rings (SSSR count). The molecule has 1 unspecified atom stereocenters. The lowest BCUT2D eigenvalue weighted by atomic mass is 10.0. The van der Waals surface area contributed by atoms with Gasteiger partial charge in [0.2, 0.25) is 0 Å². The maximum absolute atomic E-state index is 8.49. The number of benzene rings is 1. The highest BCUT2D eigenvalue weighted by Gasteiger charge is 2.04. The normalized spacial score (nSPS) is 12.2. The first-order chi connectivity index (χ1) is 7.13. The van der Waals surface area contributed by atoms with E-state index in [2.05, 4.69) is 19.9 Å². The summed E-state index contributed by atoms with van der Waals surface area (Å²) in [6, 6.07) is 9.76. The summed E-state index contributed by atoms with van der Waals surface area (Å²) >= 11 is 5.63. The molecule has 0 saturated carbocycles. The number of rotatable bonds is 4. The molecule has 0 fully saturated rings. The van der Waals surface area contributed by atoms with Crippen molar-refractivity contribution in [2.45, 2.75) is 25.1 Å². The first-order valence-corrected chi connectivity index (χ1v) is 5.33. The van der Waals surface area contributed by atoms with E-state index >= 15 is 0 Å². The third kappa shape index (κ3) is 3.81. The lowest BCUT2D eigenvalue weighted by Crippen LogP contribution is -2.09. The fraction of sp³-hybridized carbons (Fsp3) is 0.417. The van der Waals surface area contributed by atoms with Crippen molar-refractivity contribution in [2.24, 2.45) is 0 Å². The smallest absolute Gasteiger partial charge is 0.154 e. The van der Waals surface area contributed by atoms with Gasteiger partial charge in [0.25, 0.3) is 0 Å². The van der Waals surface area contributed by atoms with E-state index in [0.717, 1.165) is 5.75 Å². The maximum Gasteiger partial charge on any atom is 0.154 e. The highest BCUT2D eigenvalue weighted by molar-refractivity contribution is 6.22. The minimum Gasteiger partial charge on any atom is -0.491 e. The van der Waals surface area contributed by atoms with Crippen molar-refractivity contribution in [1.29, 1.82) is 5.26 Å². The second-order valence-electron chi connectivity index (χ2n) is 3.63. The zero-order valence-corrected chi connectivity index (χ0v) is 9.66. The first kappa shape index (κ1) is 11.9. The van der Waals surface area contributed by atoms with Gasteiger partial charge in [0, 0.05) is 0 Å². The summed E-state index contributed by atoms with van der Waals surface area (Å²) in [5.41, 5.74) is 1.22. The Balaban J connectivity index is 2.62. The Hall–Kier alpha value is -1.20. The van der Waals surface area contributed by atoms with E-state index < -0.39 is 5.38 Å². The molecule has 80 valence electrons. The van der Waals surface area contributed by atoms with Gasteiger partial charge in [-0.05, 0) is 23.6 Å². The lowest BCUT2D eigenvalue weighted by Gasteiger charge is -2.09. The summed E-state index contributed by atoms with van der Waals surface area (Å²) in [6.07, 6.45) is 0. The Labute approximate surface area is 95.4 Å². The second kappa shape index (κ2) is 5.63. The molecule has 0 aromatic heterocycles. The van der Waals surface area contributed by atoms with Crippen molar-refractivity contribution in [1.82, 2.24) is 0 Å². The van der Waals surface area contributed by atoms with E-state index in [1.54, 1.807) is 0 Å². The Morgan fingerprint density at radius 3 is 2.80 bits per heavy atom. The summed E-state index contributed by atoms with van der Waals surface area (Å²) in [6.45, 7) is 4.47. The second-order valence-corrected chi connectivity index (χ2v) is 4.16. The van der Waals surface area contributed by atoms with Crippen molar-refractivity contribution in [3.8, 4) is 11.8 Å². The number of hydrogen-bond acceptors (Lipinski definition) is 2. The van der Waals surface area contributed by atoms with Crippen LogP contribution < -0.4 is 4.74 Å². The van der Waals surface area contributed by atoms with E-state index in [-0.39, 0.29) is 6.61 Å². The lowest BCUT2D eigenvalue weighted by molar-refractivity contribution is 0.328. The molecule has 0 spiro atoms. The summed E-state index contributed by atoms with van der Waals surface area (Å²) in [5, 5.41) is 7.90. The molecule has 0 bridgehead atoms. The molecular formula is C12H14ClNO. The highest BCUT2D eigenvalue weighted by atomic mass is 35.5. The molecule has 0 amide bonds. The van der Waals surface area contributed by atoms with E-state index in [1.165, 1.54) is 5.56 Å². The molecule has 0 N–H and O–H groups in total. The van der Waals surface area contributed by atoms with Crippen molar-refractivity contribution < 1.29 is 4.74 Å². The van der Waals surface area contributed by atoms with Crippen LogP contribution in [0.5, 0.6) is 5.75 Å². The van der Waals surface area contributed by atoms with Crippen LogP contribution >= 0.6 is 11.6 Å². The maximum atomic E-state index is 8.49. The first-order valence-electron chi connectivity index (χ1n) is 4.90. The van der Waals surface area contributed by atoms with Crippen LogP contribution in [0.25, 0.3) is 0 Å². The van der Waals surface area contributed by atoms with Crippen molar-refractivity contribution in [2.75, 3.05) is 6.61 Å². The van der Waals surface area contributed by atoms with Gasteiger partial charge in [-0.2, -0.15) is 5.26 Å². The van der Waals surface area contributed by atoms with E-state index in [4.69, 9.17) is 21.6 Å². The predicted octanol–water partition coefficient (Wildman–Crippen LogP) is 3.32. The van der Waals surface area contributed by atoms with Crippen LogP contribution in [-0.2, 0) is 0 Å². The van der Waals surface area contributed by atoms with Crippen LogP contribution in [0.1, 0.15) is 25.3 Å². The molecule has 3 heteroatoms. The van der Waals surface area contributed by atoms with E-state index in [0.29, 0.717) is 5.92 Å². The number of nitriles is 1. The van der Waals surface area contributed by atoms with Gasteiger partial charge in [-0.1, -0.05) is 26.0 Å². The highest BCUT2D eigenvalue weighted by Crippen LogP contribution is 2.20. The van der Waals surface area contributed by atoms with Crippen molar-refractivity contribution in [3.05, 3.63) is 29.8 Å². The average Bonchev–Trinajstić information content (AvgIpc) is 2.26. The largest absolute Gasteiger partial charge is 0.491 e. The predicted molar refractivity (Wildman–Crippen MR) is 61.3 cm³/mol. The number of nitrogens with zero attached hydrogens (tertiary/aromatic N) is 1. The summed E-state index contributed by atoms with van der Waals surface area (Å²) in [4.78, 5) is 0. The van der Waals surface area contributed by atoms with Crippen molar-refractivity contribution >= 4 is 11.6 Å². The fourth-order valence-electron chi connectivity index (χ4n) is 1.17. The third-order valence-electron chi connectivity index (χ3n) is 2.06. The molecule has 1 aromatic rings. The molecule has 0 heterocycles. The van der Waals surface area contributed by atoms with Gasteiger partial charge >= 0.3 is 0 Å². The SMILES string of the molecule is CC(C)c1cccc(OCC(Cl)C#N)c1. The molecule has 15 heavy (non-hydrogen) atoms. The summed E-state index contributed by atoms with van der Waals surface area (Å²) < 4.78 is 5.40. The molecule has 1 aromatic carbocycles. The number of ether oxygens (including phenoxy) is 1. The molecule has 0 aliphatic heterocycles. The van der Waals surface area contributed by atoms with Crippen LogP contribution in [0.2, 0.25) is 0 Å². The number of halogens is 1. The Kier molecular flexibility index (Phi) is 4.45. The Morgan fingerprint density at radius 1 is 1.47 bits per heavy atom. The van der Waals surface area contributed by atoms with Gasteiger partial charge in [-0.25, -0.2) is 0 Å². The molecule has 2 nitrogen and oxygen atoms in total. The van der Waals surface area contributed by atoms with Gasteiger partial charge in [0.15, 0.2) is 5.38 Å². The van der Waals surface area contributed by atoms with Gasteiger partial charge < -0.3 is 4.74 Å². The number of alkyl halides is 1. The van der Waals surface area contributed by atoms with E-state index in [1.807, 2.05) is 24.3 Å². The molecule has 0 saturated heterocycles. The zero-order chi connectivity index (χ0) is 11.3. The monoisotopic (exact) mass is 223 g/mol. The topological polar surface area (TPSA) is 33.0 Å². The van der Waals surface area contributed by atoms with Gasteiger partial charge in [-0.15, -0.1) is 11.6 Å². The molecule has 0 aliphatic carbocycles. The molecule has 0 aliphatic rings. The van der Waals surface area contributed by atoms with E-state index in [9.17, 15) is 0 Å². The van der Waals surface area contributed by atoms with Gasteiger partial charge in [0.1, 0.15) is 12.4 Å². The van der Waals surface area contributed by atoms with Crippen LogP contribution in [0.15, 0.2) is 24.3 Å². The summed E-state index contributed by atoms with van der Waals surface area (Å²) in [7, 11) is 0. The minimum atomic E-state index is -0.590. The number of hydrogen-bond donors (Lipinski definition) is 0. The third-order valence-corrected chi connectivity index (χ3v) is 2.28. The van der Waals surface area contributed by atoms with Gasteiger partial charge in [0.05, 0.1) is 6.07 Å². The van der Waals surface area contributed by atoms with Crippen LogP contribution in [0.3, 0.4) is 0 Å². The van der Waals surface area contributed by atoms with Crippen LogP contribution in [-0.4, -0.2) is 12.0 Å². The van der Waals surface area contributed by atoms with Crippen LogP contribution in [0, 0.1) is 11.3 Å². The average molecular weight is 224 g/mol.